The van der Waals surface area contributed by atoms with Crippen LogP contribution in [-0.4, -0.2) is 31.2 Å². The zero-order chi connectivity index (χ0) is 30.7. The van der Waals surface area contributed by atoms with Crippen molar-refractivity contribution in [1.82, 2.24) is 0 Å². The van der Waals surface area contributed by atoms with E-state index in [-0.39, 0.29) is 28.8 Å². The SMILES string of the molecule is CC1=C(c2ccc(OCC(C)C)cc2C(F)(F)F)C=C(CC2CCC=C3N=C(c4cccc(F)c4F)C=C3C=N2)OCC1. The topological polar surface area (TPSA) is 43.2 Å². The molecule has 0 saturated carbocycles. The number of hydrogen-bond donors (Lipinski definition) is 0. The molecule has 0 saturated heterocycles. The molecule has 3 aliphatic rings. The monoisotopic (exact) mass is 596 g/mol. The maximum absolute atomic E-state index is 14.4. The minimum Gasteiger partial charge on any atom is -0.498 e. The Bertz CT molecular complexity index is 1580. The predicted octanol–water partition coefficient (Wildman–Crippen LogP) is 9.03. The molecule has 0 aliphatic carbocycles. The smallest absolute Gasteiger partial charge is 0.417 e. The van der Waals surface area contributed by atoms with Gasteiger partial charge in [0.1, 0.15) is 5.75 Å². The second kappa shape index (κ2) is 12.7. The standard InChI is InChI=1S/C34H33F5N2O2/c1-20(2)19-43-24-10-11-26(29(17-24)34(37,38)39)28-16-25(42-13-12-21(28)3)15-23-6-4-9-31-22(18-40-23)14-32(41-31)27-7-5-8-30(35)33(27)36/h5,7-11,14,16-18,20,23H,4,6,12-13,15,19H2,1-3H3. The first-order valence-electron chi connectivity index (χ1n) is 14.4. The van der Waals surface area contributed by atoms with Gasteiger partial charge in [-0.1, -0.05) is 37.6 Å². The van der Waals surface area contributed by atoms with Crippen LogP contribution in [0.2, 0.25) is 0 Å². The average molecular weight is 597 g/mol. The van der Waals surface area contributed by atoms with Gasteiger partial charge >= 0.3 is 6.18 Å². The molecule has 9 heteroatoms. The van der Waals surface area contributed by atoms with E-state index in [1.807, 2.05) is 26.8 Å². The number of nitrogens with zero attached hydrogens (tertiary/aromatic N) is 2. The summed E-state index contributed by atoms with van der Waals surface area (Å²) in [5, 5.41) is 0. The van der Waals surface area contributed by atoms with Gasteiger partial charge in [-0.05, 0) is 73.2 Å². The molecule has 0 spiro atoms. The van der Waals surface area contributed by atoms with Crippen molar-refractivity contribution in [2.45, 2.75) is 58.7 Å². The Labute approximate surface area is 248 Å². The summed E-state index contributed by atoms with van der Waals surface area (Å²) in [5.41, 5.74) is 2.36. The first-order valence-corrected chi connectivity index (χ1v) is 14.4. The van der Waals surface area contributed by atoms with E-state index in [9.17, 15) is 22.0 Å². The van der Waals surface area contributed by atoms with Crippen molar-refractivity contribution in [1.29, 1.82) is 0 Å². The molecule has 5 rings (SSSR count). The Morgan fingerprint density at radius 1 is 1.07 bits per heavy atom. The number of halogens is 5. The average Bonchev–Trinajstić information content (AvgIpc) is 3.24. The van der Waals surface area contributed by atoms with Crippen molar-refractivity contribution in [2.24, 2.45) is 15.9 Å². The number of allylic oxidation sites excluding steroid dienone is 5. The molecule has 226 valence electrons. The molecule has 0 radical (unpaired) electrons. The summed E-state index contributed by atoms with van der Waals surface area (Å²) in [6.45, 7) is 6.36. The van der Waals surface area contributed by atoms with Gasteiger partial charge in [-0.3, -0.25) is 4.99 Å². The highest BCUT2D eigenvalue weighted by Gasteiger charge is 2.35. The van der Waals surface area contributed by atoms with Crippen molar-refractivity contribution in [3.8, 4) is 5.75 Å². The molecule has 0 aromatic heterocycles. The highest BCUT2D eigenvalue weighted by molar-refractivity contribution is 6.15. The number of aliphatic imine (C=N–C) groups is 2. The summed E-state index contributed by atoms with van der Waals surface area (Å²) in [6, 6.07) is 7.90. The van der Waals surface area contributed by atoms with E-state index in [1.54, 1.807) is 24.4 Å². The number of alkyl halides is 3. The van der Waals surface area contributed by atoms with E-state index in [0.717, 1.165) is 17.7 Å². The molecule has 0 fully saturated rings. The lowest BCUT2D eigenvalue weighted by atomic mass is 9.93. The Morgan fingerprint density at radius 2 is 1.88 bits per heavy atom. The molecule has 4 nitrogen and oxygen atoms in total. The third-order valence-electron chi connectivity index (χ3n) is 7.45. The van der Waals surface area contributed by atoms with Crippen LogP contribution in [0.3, 0.4) is 0 Å². The number of rotatable bonds is 7. The summed E-state index contributed by atoms with van der Waals surface area (Å²) in [6.07, 6.45) is 4.58. The Balaban J connectivity index is 1.39. The lowest BCUT2D eigenvalue weighted by molar-refractivity contribution is -0.137. The largest absolute Gasteiger partial charge is 0.498 e. The van der Waals surface area contributed by atoms with Gasteiger partial charge in [-0.25, -0.2) is 13.8 Å². The summed E-state index contributed by atoms with van der Waals surface area (Å²) in [4.78, 5) is 9.22. The molecule has 2 aromatic carbocycles. The molecule has 0 amide bonds. The number of fused-ring (bicyclic) bond motifs is 1. The van der Waals surface area contributed by atoms with Crippen molar-refractivity contribution >= 4 is 17.5 Å². The fourth-order valence-electron chi connectivity index (χ4n) is 5.18. The molecule has 0 bridgehead atoms. The highest BCUT2D eigenvalue weighted by Crippen LogP contribution is 2.40. The molecule has 3 heterocycles. The zero-order valence-electron chi connectivity index (χ0n) is 24.3. The lowest BCUT2D eigenvalue weighted by Gasteiger charge is -2.18. The number of hydrogen-bond acceptors (Lipinski definition) is 4. The van der Waals surface area contributed by atoms with Crippen LogP contribution in [0.1, 0.15) is 63.1 Å². The minimum atomic E-state index is -4.57. The number of ether oxygens (including phenoxy) is 2. The normalized spacial score (nSPS) is 19.0. The van der Waals surface area contributed by atoms with Crippen LogP contribution < -0.4 is 4.74 Å². The van der Waals surface area contributed by atoms with Gasteiger partial charge < -0.3 is 9.47 Å². The zero-order valence-corrected chi connectivity index (χ0v) is 24.3. The van der Waals surface area contributed by atoms with Gasteiger partial charge in [0.05, 0.1) is 42.0 Å². The first-order chi connectivity index (χ1) is 20.5. The van der Waals surface area contributed by atoms with E-state index >= 15 is 0 Å². The van der Waals surface area contributed by atoms with Gasteiger partial charge in [0.25, 0.3) is 0 Å². The van der Waals surface area contributed by atoms with E-state index in [0.29, 0.717) is 67.2 Å². The van der Waals surface area contributed by atoms with Gasteiger partial charge in [-0.2, -0.15) is 13.2 Å². The third kappa shape index (κ3) is 7.14. The third-order valence-corrected chi connectivity index (χ3v) is 7.45. The summed E-state index contributed by atoms with van der Waals surface area (Å²) in [5.74, 6) is -0.972. The lowest BCUT2D eigenvalue weighted by Crippen LogP contribution is -2.11. The quantitative estimate of drug-likeness (QED) is 0.300. The van der Waals surface area contributed by atoms with E-state index in [4.69, 9.17) is 14.5 Å². The van der Waals surface area contributed by atoms with Crippen LogP contribution >= 0.6 is 0 Å². The second-order valence-electron chi connectivity index (χ2n) is 11.3. The molecule has 0 N–H and O–H groups in total. The fraction of sp³-hybridized carbons (Fsp3) is 0.353. The van der Waals surface area contributed by atoms with Gasteiger partial charge in [-0.15, -0.1) is 0 Å². The van der Waals surface area contributed by atoms with Crippen molar-refractivity contribution < 1.29 is 31.4 Å². The molecule has 2 aromatic rings. The van der Waals surface area contributed by atoms with Crippen LogP contribution in [0.5, 0.6) is 5.75 Å². The van der Waals surface area contributed by atoms with E-state index in [2.05, 4.69) is 4.99 Å². The van der Waals surface area contributed by atoms with Crippen LogP contribution in [0.25, 0.3) is 5.57 Å². The van der Waals surface area contributed by atoms with E-state index in [1.165, 1.54) is 18.2 Å². The maximum Gasteiger partial charge on any atom is 0.417 e. The molecular formula is C34H33F5N2O2. The maximum atomic E-state index is 14.4. The van der Waals surface area contributed by atoms with Crippen LogP contribution in [-0.2, 0) is 10.9 Å². The molecule has 1 unspecified atom stereocenters. The van der Waals surface area contributed by atoms with Crippen molar-refractivity contribution in [2.75, 3.05) is 13.2 Å². The molecular weight excluding hydrogens is 563 g/mol. The Hall–Kier alpha value is -4.01. The minimum absolute atomic E-state index is 0.0783. The molecule has 3 aliphatic heterocycles. The fourth-order valence-corrected chi connectivity index (χ4v) is 5.18. The second-order valence-corrected chi connectivity index (χ2v) is 11.3. The predicted molar refractivity (Wildman–Crippen MR) is 158 cm³/mol. The summed E-state index contributed by atoms with van der Waals surface area (Å²) >= 11 is 0. The van der Waals surface area contributed by atoms with Gasteiger partial charge in [0.2, 0.25) is 0 Å². The Morgan fingerprint density at radius 3 is 2.65 bits per heavy atom. The van der Waals surface area contributed by atoms with Gasteiger partial charge in [0.15, 0.2) is 11.6 Å². The summed E-state index contributed by atoms with van der Waals surface area (Å²) < 4.78 is 82.5. The highest BCUT2D eigenvalue weighted by atomic mass is 19.4. The number of benzene rings is 2. The summed E-state index contributed by atoms with van der Waals surface area (Å²) in [7, 11) is 0. The molecule has 43 heavy (non-hydrogen) atoms. The first kappa shape index (κ1) is 30.4. The van der Waals surface area contributed by atoms with Crippen molar-refractivity contribution in [3.63, 3.8) is 0 Å². The van der Waals surface area contributed by atoms with Crippen LogP contribution in [0, 0.1) is 17.6 Å². The van der Waals surface area contributed by atoms with Crippen LogP contribution in [0.15, 0.2) is 87.2 Å². The van der Waals surface area contributed by atoms with Crippen molar-refractivity contribution in [3.05, 3.63) is 106 Å². The van der Waals surface area contributed by atoms with E-state index < -0.39 is 23.4 Å². The van der Waals surface area contributed by atoms with Crippen LogP contribution in [0.4, 0.5) is 22.0 Å². The Kier molecular flexibility index (Phi) is 8.99. The molecule has 1 atom stereocenters. The van der Waals surface area contributed by atoms with Gasteiger partial charge in [0, 0.05) is 30.2 Å².